The first-order valence-corrected chi connectivity index (χ1v) is 44.3. The SMILES string of the molecule is CC1(C)c2cc(-c3ccc4c5ccccc5n(-c5ccccc5)c4c3)ccc2-c2ccc(N(c3ccc(-n4c5ccccc5c5ccccc54)cc3)c3ccc4oc5ccccc5c4c3)cc21.c1ccc(-n2c3ccccc3c3ccc(-c4ccc(N(c5ccc6oc7ccccc7c6c5)c5ccc(-n6c7ccccc7c7ccccc76)c6ccccc56)cc4)cc32)cc1. The largest absolute Gasteiger partial charge is 0.456 e. The third-order valence-electron chi connectivity index (χ3n) is 27.2. The Morgan fingerprint density at radius 1 is 0.194 bits per heavy atom. The van der Waals surface area contributed by atoms with E-state index in [1.54, 1.807) is 0 Å². The molecule has 26 aromatic rings. The van der Waals surface area contributed by atoms with Crippen LogP contribution in [0.4, 0.5) is 34.1 Å². The monoisotopic (exact) mass is 1650 g/mol. The molecule has 0 spiro atoms. The number of fused-ring (bicyclic) bond motifs is 22. The van der Waals surface area contributed by atoms with E-state index in [1.807, 2.05) is 18.2 Å². The Kier molecular flexibility index (Phi) is 16.6. The zero-order valence-corrected chi connectivity index (χ0v) is 70.7. The molecule has 1 aliphatic carbocycles. The summed E-state index contributed by atoms with van der Waals surface area (Å²) in [5.74, 6) is 0. The molecule has 0 unspecified atom stereocenters. The predicted molar refractivity (Wildman–Crippen MR) is 540 cm³/mol. The number of rotatable bonds is 12. The minimum absolute atomic E-state index is 0.253. The van der Waals surface area contributed by atoms with E-state index in [0.717, 1.165) is 106 Å². The molecule has 0 saturated heterocycles. The molecule has 0 radical (unpaired) electrons. The summed E-state index contributed by atoms with van der Waals surface area (Å²) in [4.78, 5) is 4.81. The van der Waals surface area contributed by atoms with Gasteiger partial charge in [-0.1, -0.05) is 275 Å². The van der Waals surface area contributed by atoms with Gasteiger partial charge in [-0.15, -0.1) is 0 Å². The molecular weight excluding hydrogens is 1570 g/mol. The Morgan fingerprint density at radius 2 is 0.512 bits per heavy atom. The molecule has 6 aromatic heterocycles. The van der Waals surface area contributed by atoms with Crippen LogP contribution in [-0.2, 0) is 5.41 Å². The van der Waals surface area contributed by atoms with Crippen molar-refractivity contribution in [2.45, 2.75) is 19.3 Å². The summed E-state index contributed by atoms with van der Waals surface area (Å²) in [6, 6.07) is 163. The fraction of sp³-hybridized carbons (Fsp3) is 0.0248. The standard InChI is InChI=1S/C63H43N3O.C58H37N3O/c1-63(2)55-36-40(41-25-33-52-51-18-8-12-22-59(51)66(60(52)37-41)42-14-4-3-5-15-42)24-32-47(55)48-34-30-46(39-56(48)63)64(45-31-35-62-54(38-45)53-19-9-13-23-61(53)67-62)43-26-28-44(29-27-43)65-57-20-10-6-16-49(57)50-17-7-11-21-58(50)65;1-2-14-40(15-3-1)60-51-22-10-6-20-47(51)48-32-28-39(36-56(48)60)38-26-29-41(30-27-38)59(42-31-35-58-50(37-42)49-21-9-13-25-57(49)62-58)54-33-34-55(46-17-5-4-16-45(46)54)61-52-23-11-7-18-43(52)44-19-8-12-24-53(44)61/h3-39H,1-2H3;1-37H. The summed E-state index contributed by atoms with van der Waals surface area (Å²) in [6.45, 7) is 4.77. The van der Waals surface area contributed by atoms with Crippen molar-refractivity contribution in [3.8, 4) is 56.1 Å². The Hall–Kier alpha value is -16.9. The van der Waals surface area contributed by atoms with Crippen molar-refractivity contribution in [3.63, 3.8) is 0 Å². The average molecular weight is 1650 g/mol. The van der Waals surface area contributed by atoms with E-state index < -0.39 is 0 Å². The van der Waals surface area contributed by atoms with Crippen LogP contribution < -0.4 is 9.80 Å². The number of para-hydroxylation sites is 10. The lowest BCUT2D eigenvalue weighted by Crippen LogP contribution is -2.16. The van der Waals surface area contributed by atoms with E-state index in [1.165, 1.54) is 137 Å². The van der Waals surface area contributed by atoms with Gasteiger partial charge >= 0.3 is 0 Å². The summed E-state index contributed by atoms with van der Waals surface area (Å²) >= 11 is 0. The van der Waals surface area contributed by atoms with Crippen LogP contribution in [0.1, 0.15) is 25.0 Å². The van der Waals surface area contributed by atoms with Crippen LogP contribution in [0.5, 0.6) is 0 Å². The number of furan rings is 2. The molecule has 0 aliphatic heterocycles. The van der Waals surface area contributed by atoms with Gasteiger partial charge in [0, 0.05) is 126 Å². The molecule has 8 nitrogen and oxygen atoms in total. The van der Waals surface area contributed by atoms with Crippen LogP contribution in [-0.4, -0.2) is 18.3 Å². The maximum Gasteiger partial charge on any atom is 0.135 e. The third-order valence-corrected chi connectivity index (χ3v) is 27.2. The van der Waals surface area contributed by atoms with Crippen LogP contribution in [0.15, 0.2) is 458 Å². The Balaban J connectivity index is 0.000000137. The summed E-state index contributed by atoms with van der Waals surface area (Å²) < 4.78 is 22.2. The molecule has 6 heterocycles. The second kappa shape index (κ2) is 29.1. The first kappa shape index (κ1) is 73.6. The second-order valence-electron chi connectivity index (χ2n) is 34.6. The molecule has 606 valence electrons. The fourth-order valence-corrected chi connectivity index (χ4v) is 21.2. The number of anilines is 6. The minimum Gasteiger partial charge on any atom is -0.456 e. The molecule has 129 heavy (non-hydrogen) atoms. The molecule has 1 aliphatic rings. The number of benzene rings is 20. The topological polar surface area (TPSA) is 52.5 Å². The van der Waals surface area contributed by atoms with Crippen molar-refractivity contribution in [2.24, 2.45) is 0 Å². The number of hydrogen-bond donors (Lipinski definition) is 0. The van der Waals surface area contributed by atoms with Crippen LogP contribution in [0, 0.1) is 0 Å². The number of nitrogens with zero attached hydrogens (tertiary/aromatic N) is 6. The van der Waals surface area contributed by atoms with E-state index in [-0.39, 0.29) is 5.41 Å². The summed E-state index contributed by atoms with van der Waals surface area (Å²) in [6.07, 6.45) is 0. The van der Waals surface area contributed by atoms with Crippen molar-refractivity contribution in [1.82, 2.24) is 18.3 Å². The molecule has 27 rings (SSSR count). The van der Waals surface area contributed by atoms with Gasteiger partial charge in [0.2, 0.25) is 0 Å². The van der Waals surface area contributed by atoms with E-state index in [2.05, 4.69) is 473 Å². The van der Waals surface area contributed by atoms with Crippen LogP contribution in [0.25, 0.3) is 198 Å². The van der Waals surface area contributed by atoms with Crippen molar-refractivity contribution in [3.05, 3.63) is 460 Å². The quantitative estimate of drug-likeness (QED) is 0.122. The highest BCUT2D eigenvalue weighted by atomic mass is 16.3. The summed E-state index contributed by atoms with van der Waals surface area (Å²) in [5, 5.41) is 16.8. The van der Waals surface area contributed by atoms with E-state index in [9.17, 15) is 0 Å². The number of aromatic nitrogens is 4. The van der Waals surface area contributed by atoms with Gasteiger partial charge in [0.25, 0.3) is 0 Å². The van der Waals surface area contributed by atoms with Gasteiger partial charge in [0.05, 0.1) is 55.5 Å². The van der Waals surface area contributed by atoms with Gasteiger partial charge in [-0.05, 0) is 233 Å². The van der Waals surface area contributed by atoms with Crippen molar-refractivity contribution >= 4 is 176 Å². The molecule has 8 heteroatoms. The Labute approximate surface area is 743 Å². The molecule has 0 fully saturated rings. The molecule has 0 bridgehead atoms. The lowest BCUT2D eigenvalue weighted by atomic mass is 9.81. The molecule has 0 atom stereocenters. The highest BCUT2D eigenvalue weighted by Crippen LogP contribution is 2.54. The van der Waals surface area contributed by atoms with Gasteiger partial charge in [-0.25, -0.2) is 0 Å². The molecule has 20 aromatic carbocycles. The summed E-state index contributed by atoms with van der Waals surface area (Å²) in [7, 11) is 0. The second-order valence-corrected chi connectivity index (χ2v) is 34.6. The van der Waals surface area contributed by atoms with Gasteiger partial charge in [-0.2, -0.15) is 0 Å². The van der Waals surface area contributed by atoms with Crippen LogP contribution in [0.3, 0.4) is 0 Å². The summed E-state index contributed by atoms with van der Waals surface area (Å²) in [5.41, 5.74) is 34.0. The lowest BCUT2D eigenvalue weighted by molar-refractivity contribution is 0.660. The molecular formula is C121H80N6O2. The van der Waals surface area contributed by atoms with Gasteiger partial charge in [0.15, 0.2) is 0 Å². The van der Waals surface area contributed by atoms with Crippen LogP contribution >= 0.6 is 0 Å². The van der Waals surface area contributed by atoms with Crippen LogP contribution in [0.2, 0.25) is 0 Å². The van der Waals surface area contributed by atoms with Gasteiger partial charge < -0.3 is 36.9 Å². The normalized spacial score (nSPS) is 12.5. The highest BCUT2D eigenvalue weighted by Gasteiger charge is 2.37. The van der Waals surface area contributed by atoms with E-state index >= 15 is 0 Å². The molecule has 0 N–H and O–H groups in total. The first-order chi connectivity index (χ1) is 63.7. The van der Waals surface area contributed by atoms with Gasteiger partial charge in [0.1, 0.15) is 22.3 Å². The van der Waals surface area contributed by atoms with Crippen molar-refractivity contribution in [1.29, 1.82) is 0 Å². The fourth-order valence-electron chi connectivity index (χ4n) is 21.2. The Bertz CT molecular complexity index is 8940. The molecule has 0 saturated carbocycles. The Morgan fingerprint density at radius 3 is 1.01 bits per heavy atom. The smallest absolute Gasteiger partial charge is 0.135 e. The predicted octanol–water partition coefficient (Wildman–Crippen LogP) is 33.3. The zero-order chi connectivity index (χ0) is 85.1. The van der Waals surface area contributed by atoms with Crippen molar-refractivity contribution in [2.75, 3.05) is 9.80 Å². The average Bonchev–Trinajstić information content (AvgIpc) is 1.62. The maximum absolute atomic E-state index is 6.33. The zero-order valence-electron chi connectivity index (χ0n) is 70.7. The number of hydrogen-bond acceptors (Lipinski definition) is 4. The maximum atomic E-state index is 6.33. The third kappa shape index (κ3) is 11.6. The van der Waals surface area contributed by atoms with E-state index in [0.29, 0.717) is 0 Å². The van der Waals surface area contributed by atoms with Crippen molar-refractivity contribution < 1.29 is 8.83 Å². The highest BCUT2D eigenvalue weighted by molar-refractivity contribution is 6.16. The lowest BCUT2D eigenvalue weighted by Gasteiger charge is -2.28. The van der Waals surface area contributed by atoms with Gasteiger partial charge in [-0.3, -0.25) is 0 Å². The molecule has 0 amide bonds. The minimum atomic E-state index is -0.253. The van der Waals surface area contributed by atoms with E-state index in [4.69, 9.17) is 8.83 Å². The first-order valence-electron chi connectivity index (χ1n) is 44.3.